The Morgan fingerprint density at radius 2 is 1.30 bits per heavy atom. The number of thioether (sulfide) groups is 1. The predicted molar refractivity (Wildman–Crippen MR) is 172 cm³/mol. The van der Waals surface area contributed by atoms with Crippen LogP contribution in [0.4, 0.5) is 11.4 Å². The van der Waals surface area contributed by atoms with Crippen LogP contribution in [0.2, 0.25) is 0 Å². The zero-order valence-electron chi connectivity index (χ0n) is 23.5. The van der Waals surface area contributed by atoms with Crippen molar-refractivity contribution in [3.05, 3.63) is 155 Å². The Labute approximate surface area is 259 Å². The summed E-state index contributed by atoms with van der Waals surface area (Å²) in [4.78, 5) is 41.4. The van der Waals surface area contributed by atoms with Crippen LogP contribution in [0.5, 0.6) is 0 Å². The van der Waals surface area contributed by atoms with Crippen molar-refractivity contribution in [1.29, 1.82) is 0 Å². The van der Waals surface area contributed by atoms with Gasteiger partial charge in [0.15, 0.2) is 11.6 Å². The van der Waals surface area contributed by atoms with Gasteiger partial charge in [-0.25, -0.2) is 8.42 Å². The molecule has 0 spiro atoms. The first-order valence-electron chi connectivity index (χ1n) is 13.7. The molecule has 0 aliphatic heterocycles. The third kappa shape index (κ3) is 5.79. The number of carbonyl (C=O) groups excluding carboxylic acids is 3. The molecular formula is C35H26N2O5S2. The molecule has 1 aliphatic rings. The molecule has 5 aromatic carbocycles. The summed E-state index contributed by atoms with van der Waals surface area (Å²) in [7, 11) is -3.76. The van der Waals surface area contributed by atoms with Gasteiger partial charge in [0.05, 0.1) is 16.1 Å². The maximum absolute atomic E-state index is 13.9. The number of hydrogen-bond donors (Lipinski definition) is 2. The van der Waals surface area contributed by atoms with E-state index in [0.717, 1.165) is 16.0 Å². The van der Waals surface area contributed by atoms with Crippen LogP contribution in [0.15, 0.2) is 131 Å². The minimum Gasteiger partial charge on any atom is -0.324 e. The lowest BCUT2D eigenvalue weighted by Gasteiger charge is -2.22. The molecule has 2 N–H and O–H groups in total. The van der Waals surface area contributed by atoms with Crippen molar-refractivity contribution in [2.75, 3.05) is 10.0 Å². The van der Waals surface area contributed by atoms with E-state index in [1.165, 1.54) is 11.8 Å². The zero-order valence-corrected chi connectivity index (χ0v) is 25.1. The topological polar surface area (TPSA) is 109 Å². The molecule has 6 rings (SSSR count). The average Bonchev–Trinajstić information content (AvgIpc) is 3.03. The Morgan fingerprint density at radius 3 is 1.98 bits per heavy atom. The largest absolute Gasteiger partial charge is 0.324 e. The number of sulfonamides is 1. The van der Waals surface area contributed by atoms with Gasteiger partial charge in [0.25, 0.3) is 10.0 Å². The smallest absolute Gasteiger partial charge is 0.261 e. The highest BCUT2D eigenvalue weighted by Gasteiger charge is 2.32. The minimum absolute atomic E-state index is 0.161. The van der Waals surface area contributed by atoms with Gasteiger partial charge in [-0.05, 0) is 55.0 Å². The van der Waals surface area contributed by atoms with Crippen molar-refractivity contribution < 1.29 is 22.8 Å². The molecule has 0 saturated carbocycles. The van der Waals surface area contributed by atoms with Crippen LogP contribution >= 0.6 is 11.8 Å². The number of nitrogens with one attached hydrogen (secondary N) is 2. The van der Waals surface area contributed by atoms with Crippen LogP contribution < -0.4 is 10.0 Å². The predicted octanol–water partition coefficient (Wildman–Crippen LogP) is 7.04. The lowest BCUT2D eigenvalue weighted by molar-refractivity contribution is -0.115. The maximum atomic E-state index is 13.9. The van der Waals surface area contributed by atoms with Crippen LogP contribution in [0.1, 0.15) is 48.2 Å². The van der Waals surface area contributed by atoms with Crippen molar-refractivity contribution >= 4 is 50.6 Å². The number of anilines is 2. The van der Waals surface area contributed by atoms with Crippen LogP contribution in [-0.4, -0.2) is 25.9 Å². The number of carbonyl (C=O) groups is 3. The molecule has 44 heavy (non-hydrogen) atoms. The Kier molecular flexibility index (Phi) is 7.90. The standard InChI is InChI=1S/C35H26N2O5S2/c1-22-14-20-26(21-15-22)44(41,42)37-24-16-18-25(19-17-24)43-34(23-8-3-2-4-9-23)35(40)36-30-13-7-12-29-31(30)33(39)28-11-6-5-10-27(28)32(29)38/h2-21,34,37H,1H3,(H,36,40). The first kappa shape index (κ1) is 29.1. The summed E-state index contributed by atoms with van der Waals surface area (Å²) < 4.78 is 28.2. The van der Waals surface area contributed by atoms with Crippen LogP contribution in [0.3, 0.4) is 0 Å². The van der Waals surface area contributed by atoms with E-state index in [1.54, 1.807) is 91.0 Å². The average molecular weight is 619 g/mol. The summed E-state index contributed by atoms with van der Waals surface area (Å²) in [6.07, 6.45) is 0. The second-order valence-electron chi connectivity index (χ2n) is 10.3. The molecule has 218 valence electrons. The van der Waals surface area contributed by atoms with Gasteiger partial charge in [-0.1, -0.05) is 84.4 Å². The summed E-state index contributed by atoms with van der Waals surface area (Å²) >= 11 is 1.28. The number of amides is 1. The van der Waals surface area contributed by atoms with E-state index >= 15 is 0 Å². The number of fused-ring (bicyclic) bond motifs is 2. The molecule has 0 saturated heterocycles. The van der Waals surface area contributed by atoms with Gasteiger partial charge in [0, 0.05) is 27.3 Å². The zero-order chi connectivity index (χ0) is 30.8. The number of ketones is 2. The van der Waals surface area contributed by atoms with E-state index < -0.39 is 15.3 Å². The van der Waals surface area contributed by atoms with E-state index in [1.807, 2.05) is 37.3 Å². The number of benzene rings is 5. The molecule has 5 aromatic rings. The summed E-state index contributed by atoms with van der Waals surface area (Å²) in [6, 6.07) is 34.1. The van der Waals surface area contributed by atoms with E-state index in [2.05, 4.69) is 10.0 Å². The van der Waals surface area contributed by atoms with Crippen molar-refractivity contribution in [2.24, 2.45) is 0 Å². The Hall–Kier alpha value is -4.99. The highest BCUT2D eigenvalue weighted by atomic mass is 32.2. The molecule has 9 heteroatoms. The van der Waals surface area contributed by atoms with Gasteiger partial charge in [0.1, 0.15) is 5.25 Å². The summed E-state index contributed by atoms with van der Waals surface area (Å²) in [5, 5.41) is 2.19. The molecule has 7 nitrogen and oxygen atoms in total. The van der Waals surface area contributed by atoms with Gasteiger partial charge in [-0.2, -0.15) is 0 Å². The Balaban J connectivity index is 1.25. The van der Waals surface area contributed by atoms with E-state index in [0.29, 0.717) is 16.8 Å². The fraction of sp³-hybridized carbons (Fsp3) is 0.0571. The van der Waals surface area contributed by atoms with Crippen molar-refractivity contribution in [3.8, 4) is 0 Å². The Morgan fingerprint density at radius 1 is 0.682 bits per heavy atom. The molecule has 0 aromatic heterocycles. The maximum Gasteiger partial charge on any atom is 0.261 e. The Bertz CT molecular complexity index is 2010. The normalized spacial score (nSPS) is 13.0. The molecule has 1 atom stereocenters. The van der Waals surface area contributed by atoms with Crippen molar-refractivity contribution in [3.63, 3.8) is 0 Å². The van der Waals surface area contributed by atoms with Gasteiger partial charge in [0.2, 0.25) is 5.91 Å². The SMILES string of the molecule is Cc1ccc(S(=O)(=O)Nc2ccc(SC(C(=O)Nc3cccc4c3C(=O)c3ccccc3C4=O)c3ccccc3)cc2)cc1. The highest BCUT2D eigenvalue weighted by Crippen LogP contribution is 2.38. The third-order valence-electron chi connectivity index (χ3n) is 7.24. The summed E-state index contributed by atoms with van der Waals surface area (Å²) in [5.41, 5.74) is 3.41. The second kappa shape index (κ2) is 11.9. The van der Waals surface area contributed by atoms with Crippen molar-refractivity contribution in [1.82, 2.24) is 0 Å². The minimum atomic E-state index is -3.76. The molecule has 1 aliphatic carbocycles. The van der Waals surface area contributed by atoms with Crippen molar-refractivity contribution in [2.45, 2.75) is 22.0 Å². The lowest BCUT2D eigenvalue weighted by Crippen LogP contribution is -2.25. The quantitative estimate of drug-likeness (QED) is 0.177. The van der Waals surface area contributed by atoms with Gasteiger partial charge in [-0.15, -0.1) is 11.8 Å². The van der Waals surface area contributed by atoms with E-state index in [-0.39, 0.29) is 39.2 Å². The molecular weight excluding hydrogens is 593 g/mol. The molecule has 0 heterocycles. The summed E-state index contributed by atoms with van der Waals surface area (Å²) in [6.45, 7) is 1.89. The van der Waals surface area contributed by atoms with Crippen LogP contribution in [0.25, 0.3) is 0 Å². The van der Waals surface area contributed by atoms with Gasteiger partial charge < -0.3 is 5.32 Å². The fourth-order valence-electron chi connectivity index (χ4n) is 5.02. The summed E-state index contributed by atoms with van der Waals surface area (Å²) in [5.74, 6) is -0.963. The first-order chi connectivity index (χ1) is 21.2. The lowest BCUT2D eigenvalue weighted by atomic mass is 9.83. The van der Waals surface area contributed by atoms with E-state index in [4.69, 9.17) is 0 Å². The first-order valence-corrected chi connectivity index (χ1v) is 16.1. The van der Waals surface area contributed by atoms with Gasteiger partial charge >= 0.3 is 0 Å². The molecule has 0 fully saturated rings. The highest BCUT2D eigenvalue weighted by molar-refractivity contribution is 8.00. The molecule has 0 radical (unpaired) electrons. The monoisotopic (exact) mass is 618 g/mol. The number of hydrogen-bond acceptors (Lipinski definition) is 6. The molecule has 1 unspecified atom stereocenters. The van der Waals surface area contributed by atoms with Gasteiger partial charge in [-0.3, -0.25) is 19.1 Å². The number of rotatable bonds is 8. The van der Waals surface area contributed by atoms with E-state index in [9.17, 15) is 22.8 Å². The van der Waals surface area contributed by atoms with Crippen LogP contribution in [0, 0.1) is 6.92 Å². The fourth-order valence-corrected chi connectivity index (χ4v) is 7.10. The second-order valence-corrected chi connectivity index (χ2v) is 13.1. The molecule has 1 amide bonds. The number of aryl methyl sites for hydroxylation is 1. The van der Waals surface area contributed by atoms with Crippen LogP contribution in [-0.2, 0) is 14.8 Å². The molecule has 0 bridgehead atoms. The third-order valence-corrected chi connectivity index (χ3v) is 9.91.